The van der Waals surface area contributed by atoms with Crippen LogP contribution in [-0.2, 0) is 15.8 Å². The Morgan fingerprint density at radius 2 is 1.62 bits per heavy atom. The summed E-state index contributed by atoms with van der Waals surface area (Å²) in [4.78, 5) is 0. The molecule has 112 valence electrons. The van der Waals surface area contributed by atoms with Crippen LogP contribution < -0.4 is 4.72 Å². The number of rotatable bonds is 5. The Morgan fingerprint density at radius 3 is 2.19 bits per heavy atom. The van der Waals surface area contributed by atoms with Crippen molar-refractivity contribution < 1.29 is 12.8 Å². The van der Waals surface area contributed by atoms with Gasteiger partial charge in [-0.2, -0.15) is 0 Å². The molecule has 0 spiro atoms. The van der Waals surface area contributed by atoms with E-state index in [0.717, 1.165) is 16.7 Å². The van der Waals surface area contributed by atoms with Crippen molar-refractivity contribution in [2.24, 2.45) is 0 Å². The number of aryl methyl sites for hydroxylation is 1. The minimum absolute atomic E-state index is 0.0706. The maximum absolute atomic E-state index is 12.9. The second-order valence-electron chi connectivity index (χ2n) is 5.14. The fraction of sp³-hybridized carbons (Fsp3) is 0.250. The molecule has 0 bridgehead atoms. The topological polar surface area (TPSA) is 46.2 Å². The first-order valence-corrected chi connectivity index (χ1v) is 8.32. The number of hydrogen-bond donors (Lipinski definition) is 1. The van der Waals surface area contributed by atoms with Crippen LogP contribution in [0.4, 0.5) is 4.39 Å². The van der Waals surface area contributed by atoms with Gasteiger partial charge in [0.2, 0.25) is 10.0 Å². The van der Waals surface area contributed by atoms with Gasteiger partial charge in [0.25, 0.3) is 0 Å². The van der Waals surface area contributed by atoms with Gasteiger partial charge in [-0.15, -0.1) is 0 Å². The smallest absolute Gasteiger partial charge is 0.212 e. The molecule has 2 aromatic rings. The largest absolute Gasteiger partial charge is 0.216 e. The fourth-order valence-electron chi connectivity index (χ4n) is 2.03. The van der Waals surface area contributed by atoms with E-state index in [1.54, 1.807) is 31.2 Å². The summed E-state index contributed by atoms with van der Waals surface area (Å²) in [6.45, 7) is 3.69. The van der Waals surface area contributed by atoms with Crippen molar-refractivity contribution in [3.05, 3.63) is 71.0 Å². The van der Waals surface area contributed by atoms with E-state index in [2.05, 4.69) is 4.72 Å². The Morgan fingerprint density at radius 1 is 1.05 bits per heavy atom. The molecule has 3 nitrogen and oxygen atoms in total. The van der Waals surface area contributed by atoms with Crippen molar-refractivity contribution in [2.75, 3.05) is 0 Å². The van der Waals surface area contributed by atoms with Crippen LogP contribution in [0.1, 0.15) is 29.7 Å². The van der Waals surface area contributed by atoms with E-state index in [1.807, 2.05) is 19.1 Å². The number of nitrogens with one attached hydrogen (secondary N) is 1. The van der Waals surface area contributed by atoms with Gasteiger partial charge in [0.05, 0.1) is 5.75 Å². The predicted octanol–water partition coefficient (Wildman–Crippen LogP) is 3.31. The molecule has 0 aromatic heterocycles. The van der Waals surface area contributed by atoms with Gasteiger partial charge in [-0.3, -0.25) is 0 Å². The van der Waals surface area contributed by atoms with E-state index in [9.17, 15) is 12.8 Å². The average molecular weight is 307 g/mol. The number of sulfonamides is 1. The van der Waals surface area contributed by atoms with Crippen molar-refractivity contribution >= 4 is 10.0 Å². The Bertz CT molecular complexity index is 694. The first kappa shape index (κ1) is 15.7. The second kappa shape index (κ2) is 6.37. The van der Waals surface area contributed by atoms with E-state index in [-0.39, 0.29) is 11.6 Å². The summed E-state index contributed by atoms with van der Waals surface area (Å²) in [6.07, 6.45) is 0. The van der Waals surface area contributed by atoms with E-state index < -0.39 is 16.1 Å². The molecule has 0 heterocycles. The Kier molecular flexibility index (Phi) is 4.75. The Balaban J connectivity index is 2.06. The molecular formula is C16H18FNO2S. The lowest BCUT2D eigenvalue weighted by molar-refractivity contribution is 0.565. The first-order valence-electron chi connectivity index (χ1n) is 6.67. The second-order valence-corrected chi connectivity index (χ2v) is 6.89. The molecule has 0 amide bonds. The van der Waals surface area contributed by atoms with Crippen LogP contribution in [0.5, 0.6) is 0 Å². The average Bonchev–Trinajstić information content (AvgIpc) is 2.41. The lowest BCUT2D eigenvalue weighted by atomic mass is 10.1. The van der Waals surface area contributed by atoms with Crippen LogP contribution in [-0.4, -0.2) is 8.42 Å². The molecule has 0 fully saturated rings. The van der Waals surface area contributed by atoms with Crippen LogP contribution in [0.25, 0.3) is 0 Å². The zero-order chi connectivity index (χ0) is 15.5. The summed E-state index contributed by atoms with van der Waals surface area (Å²) in [7, 11) is -3.45. The number of halogens is 1. The molecule has 2 rings (SSSR count). The molecule has 1 unspecified atom stereocenters. The zero-order valence-corrected chi connectivity index (χ0v) is 12.8. The van der Waals surface area contributed by atoms with Gasteiger partial charge >= 0.3 is 0 Å². The molecule has 0 aliphatic heterocycles. The van der Waals surface area contributed by atoms with Crippen molar-refractivity contribution in [1.29, 1.82) is 0 Å². The molecule has 1 N–H and O–H groups in total. The highest BCUT2D eigenvalue weighted by molar-refractivity contribution is 7.88. The summed E-state index contributed by atoms with van der Waals surface area (Å²) in [5.74, 6) is -0.410. The van der Waals surface area contributed by atoms with Crippen molar-refractivity contribution in [3.63, 3.8) is 0 Å². The van der Waals surface area contributed by atoms with Crippen LogP contribution in [0.15, 0.2) is 48.5 Å². The summed E-state index contributed by atoms with van der Waals surface area (Å²) in [5, 5.41) is 0. The summed E-state index contributed by atoms with van der Waals surface area (Å²) in [5.41, 5.74) is 2.55. The van der Waals surface area contributed by atoms with Crippen molar-refractivity contribution in [3.8, 4) is 0 Å². The van der Waals surface area contributed by atoms with E-state index in [0.29, 0.717) is 0 Å². The molecule has 0 aliphatic rings. The van der Waals surface area contributed by atoms with Crippen LogP contribution in [0.3, 0.4) is 0 Å². The van der Waals surface area contributed by atoms with Gasteiger partial charge in [0, 0.05) is 6.04 Å². The predicted molar refractivity (Wildman–Crippen MR) is 81.8 cm³/mol. The third-order valence-electron chi connectivity index (χ3n) is 3.20. The minimum Gasteiger partial charge on any atom is -0.212 e. The molecule has 0 saturated carbocycles. The first-order chi connectivity index (χ1) is 9.85. The van der Waals surface area contributed by atoms with Crippen LogP contribution in [0.2, 0.25) is 0 Å². The van der Waals surface area contributed by atoms with Gasteiger partial charge in [0.1, 0.15) is 5.82 Å². The molecule has 21 heavy (non-hydrogen) atoms. The zero-order valence-electron chi connectivity index (χ0n) is 12.0. The maximum atomic E-state index is 12.9. The normalized spacial score (nSPS) is 13.1. The quantitative estimate of drug-likeness (QED) is 0.921. The highest BCUT2D eigenvalue weighted by Gasteiger charge is 2.16. The van der Waals surface area contributed by atoms with E-state index >= 15 is 0 Å². The fourth-order valence-corrected chi connectivity index (χ4v) is 3.42. The highest BCUT2D eigenvalue weighted by atomic mass is 32.2. The Labute approximate surface area is 124 Å². The monoisotopic (exact) mass is 307 g/mol. The third kappa shape index (κ3) is 4.65. The maximum Gasteiger partial charge on any atom is 0.216 e. The van der Waals surface area contributed by atoms with Crippen molar-refractivity contribution in [1.82, 2.24) is 4.72 Å². The number of benzene rings is 2. The van der Waals surface area contributed by atoms with Crippen LogP contribution >= 0.6 is 0 Å². The highest BCUT2D eigenvalue weighted by Crippen LogP contribution is 2.15. The summed E-state index contributed by atoms with van der Waals surface area (Å²) < 4.78 is 39.8. The van der Waals surface area contributed by atoms with Gasteiger partial charge in [-0.05, 0) is 37.1 Å². The molecular weight excluding hydrogens is 289 g/mol. The molecule has 1 atom stereocenters. The molecule has 2 aromatic carbocycles. The van der Waals surface area contributed by atoms with Crippen LogP contribution in [0, 0.1) is 12.7 Å². The van der Waals surface area contributed by atoms with Gasteiger partial charge < -0.3 is 0 Å². The van der Waals surface area contributed by atoms with Crippen molar-refractivity contribution in [2.45, 2.75) is 25.6 Å². The minimum atomic E-state index is -3.45. The summed E-state index contributed by atoms with van der Waals surface area (Å²) in [6, 6.07) is 12.8. The van der Waals surface area contributed by atoms with E-state index in [4.69, 9.17) is 0 Å². The van der Waals surface area contributed by atoms with Gasteiger partial charge in [-0.1, -0.05) is 42.0 Å². The van der Waals surface area contributed by atoms with Gasteiger partial charge in [-0.25, -0.2) is 17.5 Å². The molecule has 0 radical (unpaired) electrons. The van der Waals surface area contributed by atoms with E-state index in [1.165, 1.54) is 12.1 Å². The number of hydrogen-bond acceptors (Lipinski definition) is 2. The SMILES string of the molecule is Cc1ccc(CS(=O)(=O)NC(C)c2ccc(F)cc2)cc1. The lowest BCUT2D eigenvalue weighted by Crippen LogP contribution is -2.28. The third-order valence-corrected chi connectivity index (χ3v) is 4.63. The molecule has 0 aliphatic carbocycles. The standard InChI is InChI=1S/C16H18FNO2S/c1-12-3-5-14(6-4-12)11-21(19,20)18-13(2)15-7-9-16(17)10-8-15/h3-10,13,18H,11H2,1-2H3. The molecule has 5 heteroatoms. The Hall–Kier alpha value is -1.72. The molecule has 0 saturated heterocycles. The lowest BCUT2D eigenvalue weighted by Gasteiger charge is -2.14. The van der Waals surface area contributed by atoms with Gasteiger partial charge in [0.15, 0.2) is 0 Å². The summed E-state index contributed by atoms with van der Waals surface area (Å²) >= 11 is 0.